The first kappa shape index (κ1) is 17.4. The Labute approximate surface area is 135 Å². The first-order chi connectivity index (χ1) is 10.6. The molecule has 0 aromatic rings. The van der Waals surface area contributed by atoms with Crippen LogP contribution in [0.1, 0.15) is 51.9 Å². The number of hydrogen-bond donors (Lipinski definition) is 0. The molecule has 1 unspecified atom stereocenters. The third-order valence-electron chi connectivity index (χ3n) is 5.00. The summed E-state index contributed by atoms with van der Waals surface area (Å²) in [7, 11) is 2.41. The van der Waals surface area contributed by atoms with Crippen LogP contribution in [0.2, 0.25) is 0 Å². The minimum atomic E-state index is -0.350. The van der Waals surface area contributed by atoms with Gasteiger partial charge in [-0.3, -0.25) is 4.79 Å². The van der Waals surface area contributed by atoms with Crippen molar-refractivity contribution in [1.82, 2.24) is 0 Å². The molecule has 0 radical (unpaired) electrons. The molecule has 3 heteroatoms. The van der Waals surface area contributed by atoms with Crippen LogP contribution in [0.4, 0.5) is 0 Å². The van der Waals surface area contributed by atoms with Crippen LogP contribution in [0.3, 0.4) is 0 Å². The summed E-state index contributed by atoms with van der Waals surface area (Å²) in [6.45, 7) is 6.55. The van der Waals surface area contributed by atoms with Crippen LogP contribution in [0, 0.1) is 0 Å². The number of unbranched alkanes of at least 4 members (excludes halogenated alkanes) is 2. The smallest absolute Gasteiger partial charge is 0.188 e. The number of carbonyl (C=O) groups is 1. The van der Waals surface area contributed by atoms with E-state index < -0.39 is 0 Å². The van der Waals surface area contributed by atoms with Crippen molar-refractivity contribution in [3.63, 3.8) is 0 Å². The highest BCUT2D eigenvalue weighted by Gasteiger charge is 2.23. The van der Waals surface area contributed by atoms with Gasteiger partial charge in [-0.15, -0.1) is 0 Å². The van der Waals surface area contributed by atoms with Gasteiger partial charge in [-0.1, -0.05) is 6.08 Å². The lowest BCUT2D eigenvalue weighted by Gasteiger charge is -2.37. The highest BCUT2D eigenvalue weighted by atomic mass is 16.5. The molecule has 0 saturated carbocycles. The van der Waals surface area contributed by atoms with Crippen LogP contribution in [-0.2, 0) is 9.53 Å². The van der Waals surface area contributed by atoms with Crippen molar-refractivity contribution in [2.45, 2.75) is 58.0 Å². The van der Waals surface area contributed by atoms with E-state index in [-0.39, 0.29) is 11.9 Å². The quantitative estimate of drug-likeness (QED) is 0.505. The van der Waals surface area contributed by atoms with Gasteiger partial charge in [0.2, 0.25) is 0 Å². The number of hydrogen-bond acceptors (Lipinski definition) is 2. The molecule has 0 N–H and O–H groups in total. The van der Waals surface area contributed by atoms with E-state index in [9.17, 15) is 4.79 Å². The minimum Gasteiger partial charge on any atom is -0.366 e. The maximum Gasteiger partial charge on any atom is 0.188 e. The van der Waals surface area contributed by atoms with Crippen LogP contribution in [-0.4, -0.2) is 49.7 Å². The Balaban J connectivity index is 1.62. The van der Waals surface area contributed by atoms with E-state index in [0.717, 1.165) is 6.42 Å². The molecule has 124 valence electrons. The van der Waals surface area contributed by atoms with Crippen LogP contribution >= 0.6 is 0 Å². The molecule has 1 aliphatic carbocycles. The monoisotopic (exact) mass is 306 g/mol. The molecule has 0 spiro atoms. The molecule has 1 aliphatic heterocycles. The fraction of sp³-hybridized carbons (Fsp3) is 0.737. The Hall–Kier alpha value is -0.930. The van der Waals surface area contributed by atoms with Gasteiger partial charge in [0.25, 0.3) is 0 Å². The number of rotatable bonds is 8. The zero-order valence-electron chi connectivity index (χ0n) is 14.4. The average molecular weight is 306 g/mol. The molecular formula is C19H32NO2+. The van der Waals surface area contributed by atoms with Gasteiger partial charge in [0.1, 0.15) is 6.10 Å². The Morgan fingerprint density at radius 3 is 2.64 bits per heavy atom. The Morgan fingerprint density at radius 1 is 1.18 bits per heavy atom. The number of allylic oxidation sites excluding steroid dienone is 2. The van der Waals surface area contributed by atoms with E-state index in [1.54, 1.807) is 6.08 Å². The normalized spacial score (nSPS) is 24.4. The first-order valence-electron chi connectivity index (χ1n) is 9.01. The van der Waals surface area contributed by atoms with Crippen LogP contribution in [0.5, 0.6) is 0 Å². The summed E-state index contributed by atoms with van der Waals surface area (Å²) in [4.78, 5) is 11.9. The summed E-state index contributed by atoms with van der Waals surface area (Å²) in [6, 6.07) is 0. The van der Waals surface area contributed by atoms with Crippen molar-refractivity contribution in [3.05, 3.63) is 23.8 Å². The molecule has 1 atom stereocenters. The van der Waals surface area contributed by atoms with Gasteiger partial charge in [-0.25, -0.2) is 0 Å². The summed E-state index contributed by atoms with van der Waals surface area (Å²) in [5, 5.41) is 0. The predicted octanol–water partition coefficient (Wildman–Crippen LogP) is 3.65. The first-order valence-corrected chi connectivity index (χ1v) is 9.01. The van der Waals surface area contributed by atoms with E-state index in [1.807, 2.05) is 13.0 Å². The number of ether oxygens (including phenoxy) is 1. The minimum absolute atomic E-state index is 0.103. The molecule has 1 saturated heterocycles. The van der Waals surface area contributed by atoms with Crippen molar-refractivity contribution in [2.75, 3.05) is 33.3 Å². The SMILES string of the molecule is CCOC1C=CC(CCCCC[N+]2(C)CCCCC2)=CC1=O. The van der Waals surface area contributed by atoms with E-state index in [2.05, 4.69) is 13.1 Å². The summed E-state index contributed by atoms with van der Waals surface area (Å²) >= 11 is 0. The third-order valence-corrected chi connectivity index (χ3v) is 5.00. The molecule has 0 aromatic carbocycles. The number of quaternary nitrogens is 1. The Kier molecular flexibility index (Phi) is 6.84. The van der Waals surface area contributed by atoms with Crippen molar-refractivity contribution in [3.8, 4) is 0 Å². The van der Waals surface area contributed by atoms with Gasteiger partial charge in [-0.05, 0) is 69.6 Å². The maximum absolute atomic E-state index is 11.9. The Bertz CT molecular complexity index is 419. The van der Waals surface area contributed by atoms with Gasteiger partial charge in [0.05, 0.1) is 26.7 Å². The molecule has 0 amide bonds. The highest BCUT2D eigenvalue weighted by molar-refractivity contribution is 5.97. The van der Waals surface area contributed by atoms with Gasteiger partial charge in [0, 0.05) is 6.61 Å². The van der Waals surface area contributed by atoms with Crippen LogP contribution in [0.15, 0.2) is 23.8 Å². The van der Waals surface area contributed by atoms with Gasteiger partial charge in [0.15, 0.2) is 5.78 Å². The second kappa shape index (κ2) is 8.64. The maximum atomic E-state index is 11.9. The van der Waals surface area contributed by atoms with Crippen molar-refractivity contribution in [2.24, 2.45) is 0 Å². The molecule has 22 heavy (non-hydrogen) atoms. The fourth-order valence-corrected chi connectivity index (χ4v) is 3.59. The molecule has 2 rings (SSSR count). The third kappa shape index (κ3) is 5.36. The summed E-state index contributed by atoms with van der Waals surface area (Å²) in [6.07, 6.45) is 14.4. The number of nitrogens with zero attached hydrogens (tertiary/aromatic N) is 1. The highest BCUT2D eigenvalue weighted by Crippen LogP contribution is 2.20. The van der Waals surface area contributed by atoms with E-state index >= 15 is 0 Å². The molecule has 1 heterocycles. The molecule has 0 bridgehead atoms. The lowest BCUT2D eigenvalue weighted by atomic mass is 9.98. The van der Waals surface area contributed by atoms with Crippen molar-refractivity contribution >= 4 is 5.78 Å². The van der Waals surface area contributed by atoms with Crippen LogP contribution < -0.4 is 0 Å². The Morgan fingerprint density at radius 2 is 1.95 bits per heavy atom. The topological polar surface area (TPSA) is 26.3 Å². The standard InChI is InChI=1S/C19H32NO2/c1-3-22-19-12-11-17(16-18(19)21)10-6-4-7-13-20(2)14-8-5-9-15-20/h11-12,16,19H,3-10,13-15H2,1-2H3/q+1. The largest absolute Gasteiger partial charge is 0.366 e. The summed E-state index contributed by atoms with van der Waals surface area (Å²) < 4.78 is 6.66. The lowest BCUT2D eigenvalue weighted by Crippen LogP contribution is -2.48. The van der Waals surface area contributed by atoms with Gasteiger partial charge in [-0.2, -0.15) is 0 Å². The zero-order valence-corrected chi connectivity index (χ0v) is 14.4. The number of carbonyl (C=O) groups excluding carboxylic acids is 1. The van der Waals surface area contributed by atoms with E-state index in [1.165, 1.54) is 68.2 Å². The molecule has 3 nitrogen and oxygen atoms in total. The van der Waals surface area contributed by atoms with Crippen molar-refractivity contribution < 1.29 is 14.0 Å². The van der Waals surface area contributed by atoms with Gasteiger partial charge < -0.3 is 9.22 Å². The predicted molar refractivity (Wildman–Crippen MR) is 90.7 cm³/mol. The number of likely N-dealkylation sites (tertiary alicyclic amines) is 1. The number of ketones is 1. The van der Waals surface area contributed by atoms with Crippen molar-refractivity contribution in [1.29, 1.82) is 0 Å². The second-order valence-corrected chi connectivity index (χ2v) is 7.02. The van der Waals surface area contributed by atoms with Crippen LogP contribution in [0.25, 0.3) is 0 Å². The zero-order chi connectivity index (χ0) is 15.8. The summed E-state index contributed by atoms with van der Waals surface area (Å²) in [5.41, 5.74) is 1.17. The number of piperidine rings is 1. The summed E-state index contributed by atoms with van der Waals surface area (Å²) in [5.74, 6) is 0.103. The van der Waals surface area contributed by atoms with E-state index in [0.29, 0.717) is 6.61 Å². The van der Waals surface area contributed by atoms with E-state index in [4.69, 9.17) is 4.74 Å². The molecule has 0 aromatic heterocycles. The lowest BCUT2D eigenvalue weighted by molar-refractivity contribution is -0.914. The fourth-order valence-electron chi connectivity index (χ4n) is 3.59. The average Bonchev–Trinajstić information content (AvgIpc) is 2.50. The second-order valence-electron chi connectivity index (χ2n) is 7.02. The molecule has 1 fully saturated rings. The molecule has 2 aliphatic rings. The molecular weight excluding hydrogens is 274 g/mol. The van der Waals surface area contributed by atoms with Gasteiger partial charge >= 0.3 is 0 Å².